The molecule has 8 nitrogen and oxygen atoms in total. The molecule has 0 spiro atoms. The lowest BCUT2D eigenvalue weighted by atomic mass is 9.88. The van der Waals surface area contributed by atoms with Gasteiger partial charge in [0.2, 0.25) is 0 Å². The molecule has 3 N–H and O–H groups in total. The highest BCUT2D eigenvalue weighted by Gasteiger charge is 2.46. The number of hydrogen-bond donors (Lipinski definition) is 3. The van der Waals surface area contributed by atoms with Crippen LogP contribution in [0.2, 0.25) is 0 Å². The summed E-state index contributed by atoms with van der Waals surface area (Å²) in [6.07, 6.45) is 7.90. The number of aromatic amines is 1. The van der Waals surface area contributed by atoms with Crippen molar-refractivity contribution in [1.82, 2.24) is 29.9 Å². The van der Waals surface area contributed by atoms with E-state index in [0.717, 1.165) is 30.5 Å². The summed E-state index contributed by atoms with van der Waals surface area (Å²) in [7, 11) is 0. The molecule has 0 saturated heterocycles. The first-order valence-corrected chi connectivity index (χ1v) is 10.7. The van der Waals surface area contributed by atoms with E-state index < -0.39 is 17.9 Å². The summed E-state index contributed by atoms with van der Waals surface area (Å²) in [5, 5.41) is 11.6. The molecule has 166 valence electrons. The van der Waals surface area contributed by atoms with Crippen LogP contribution in [-0.4, -0.2) is 49.0 Å². The fraction of sp³-hybridized carbons (Fsp3) is 0.364. The molecular formula is C22H23F2N7O. The zero-order valence-corrected chi connectivity index (χ0v) is 17.5. The number of halogens is 2. The van der Waals surface area contributed by atoms with Gasteiger partial charge in [-0.2, -0.15) is 5.10 Å². The van der Waals surface area contributed by atoms with E-state index in [0.29, 0.717) is 28.0 Å². The van der Waals surface area contributed by atoms with E-state index >= 15 is 0 Å². The van der Waals surface area contributed by atoms with E-state index in [4.69, 9.17) is 0 Å². The van der Waals surface area contributed by atoms with Crippen LogP contribution in [0.1, 0.15) is 43.0 Å². The normalized spacial score (nSPS) is 15.7. The van der Waals surface area contributed by atoms with E-state index in [1.54, 1.807) is 23.1 Å². The Morgan fingerprint density at radius 1 is 1.38 bits per heavy atom. The molecule has 1 saturated carbocycles. The van der Waals surface area contributed by atoms with Crippen LogP contribution in [0.3, 0.4) is 0 Å². The van der Waals surface area contributed by atoms with Gasteiger partial charge < -0.3 is 15.6 Å². The standard InChI is InChI=1S/C22H23F2N7O/c1-2-3-6-26-16-5-4-7-31-19(16)17(21(32)29-13-8-22(23,24)9-13)18(30-31)14-11-27-20-15(14)10-25-12-28-20/h4-5,7,10-13,26H,2-3,6,8-9H2,1H3,(H,29,32)(H,25,27,28). The van der Waals surface area contributed by atoms with Crippen molar-refractivity contribution in [2.45, 2.75) is 44.6 Å². The molecular weight excluding hydrogens is 416 g/mol. The highest BCUT2D eigenvalue weighted by atomic mass is 19.3. The molecule has 1 fully saturated rings. The Balaban J connectivity index is 1.63. The minimum absolute atomic E-state index is 0.338. The van der Waals surface area contributed by atoms with E-state index in [1.165, 1.54) is 6.33 Å². The number of amides is 1. The third-order valence-electron chi connectivity index (χ3n) is 5.76. The average molecular weight is 439 g/mol. The molecule has 0 atom stereocenters. The molecule has 4 aromatic heterocycles. The molecule has 32 heavy (non-hydrogen) atoms. The number of nitrogens with one attached hydrogen (secondary N) is 3. The highest BCUT2D eigenvalue weighted by Crippen LogP contribution is 2.38. The molecule has 0 aromatic carbocycles. The average Bonchev–Trinajstić information content (AvgIpc) is 3.34. The summed E-state index contributed by atoms with van der Waals surface area (Å²) in [6.45, 7) is 2.85. The van der Waals surface area contributed by atoms with Crippen molar-refractivity contribution in [2.75, 3.05) is 11.9 Å². The molecule has 0 bridgehead atoms. The van der Waals surface area contributed by atoms with Crippen LogP contribution in [-0.2, 0) is 0 Å². The van der Waals surface area contributed by atoms with Crippen molar-refractivity contribution in [1.29, 1.82) is 0 Å². The van der Waals surface area contributed by atoms with Gasteiger partial charge in [-0.15, -0.1) is 0 Å². The van der Waals surface area contributed by atoms with E-state index in [-0.39, 0.29) is 12.8 Å². The Bertz CT molecular complexity index is 1290. The number of unbranched alkanes of at least 4 members (excludes halogenated alkanes) is 1. The van der Waals surface area contributed by atoms with Gasteiger partial charge in [-0.25, -0.2) is 23.3 Å². The Hall–Kier alpha value is -3.56. The predicted molar refractivity (Wildman–Crippen MR) is 117 cm³/mol. The van der Waals surface area contributed by atoms with E-state index in [1.807, 2.05) is 12.1 Å². The van der Waals surface area contributed by atoms with Gasteiger partial charge in [0.15, 0.2) is 0 Å². The van der Waals surface area contributed by atoms with Crippen LogP contribution in [0.4, 0.5) is 14.5 Å². The molecule has 0 aliphatic heterocycles. The van der Waals surface area contributed by atoms with Crippen LogP contribution >= 0.6 is 0 Å². The molecule has 1 amide bonds. The van der Waals surface area contributed by atoms with E-state index in [2.05, 4.69) is 37.6 Å². The molecule has 0 unspecified atom stereocenters. The summed E-state index contributed by atoms with van der Waals surface area (Å²) in [5.74, 6) is -3.14. The minimum Gasteiger partial charge on any atom is -0.383 e. The molecule has 1 aliphatic rings. The first-order valence-electron chi connectivity index (χ1n) is 10.7. The minimum atomic E-state index is -2.72. The molecule has 1 aliphatic carbocycles. The van der Waals surface area contributed by atoms with Crippen LogP contribution in [0.5, 0.6) is 0 Å². The third kappa shape index (κ3) is 3.55. The van der Waals surface area contributed by atoms with Crippen LogP contribution < -0.4 is 10.6 Å². The summed E-state index contributed by atoms with van der Waals surface area (Å²) in [6, 6.07) is 3.18. The summed E-state index contributed by atoms with van der Waals surface area (Å²) < 4.78 is 28.4. The van der Waals surface area contributed by atoms with Gasteiger partial charge in [0.1, 0.15) is 23.2 Å². The number of H-pyrrole nitrogens is 1. The number of fused-ring (bicyclic) bond motifs is 2. The number of carbonyl (C=O) groups is 1. The quantitative estimate of drug-likeness (QED) is 0.378. The number of aromatic nitrogens is 5. The number of carbonyl (C=O) groups excluding carboxylic acids is 1. The smallest absolute Gasteiger partial charge is 0.256 e. The Kier molecular flexibility index (Phi) is 4.99. The second kappa shape index (κ2) is 7.85. The van der Waals surface area contributed by atoms with Crippen molar-refractivity contribution in [3.05, 3.63) is 42.6 Å². The van der Waals surface area contributed by atoms with Gasteiger partial charge in [-0.3, -0.25) is 4.79 Å². The van der Waals surface area contributed by atoms with Gasteiger partial charge in [0.05, 0.1) is 11.3 Å². The van der Waals surface area contributed by atoms with Crippen molar-refractivity contribution in [2.24, 2.45) is 0 Å². The van der Waals surface area contributed by atoms with Crippen LogP contribution in [0, 0.1) is 0 Å². The fourth-order valence-corrected chi connectivity index (χ4v) is 4.12. The lowest BCUT2D eigenvalue weighted by molar-refractivity contribution is -0.0901. The monoisotopic (exact) mass is 439 g/mol. The maximum Gasteiger partial charge on any atom is 0.256 e. The molecule has 5 rings (SSSR count). The number of anilines is 1. The third-order valence-corrected chi connectivity index (χ3v) is 5.76. The molecule has 10 heteroatoms. The number of alkyl halides is 2. The molecule has 4 heterocycles. The van der Waals surface area contributed by atoms with Crippen molar-refractivity contribution >= 4 is 28.1 Å². The number of rotatable bonds is 7. The number of pyridine rings is 1. The van der Waals surface area contributed by atoms with Crippen molar-refractivity contribution in [3.8, 4) is 11.3 Å². The zero-order chi connectivity index (χ0) is 22.3. The summed E-state index contributed by atoms with van der Waals surface area (Å²) >= 11 is 0. The highest BCUT2D eigenvalue weighted by molar-refractivity contribution is 6.11. The molecule has 4 aromatic rings. The second-order valence-electron chi connectivity index (χ2n) is 8.14. The Morgan fingerprint density at radius 3 is 3.00 bits per heavy atom. The van der Waals surface area contributed by atoms with Gasteiger partial charge >= 0.3 is 0 Å². The maximum absolute atomic E-state index is 13.4. The predicted octanol–water partition coefficient (Wildman–Crippen LogP) is 4.01. The summed E-state index contributed by atoms with van der Waals surface area (Å²) in [4.78, 5) is 24.8. The zero-order valence-electron chi connectivity index (χ0n) is 17.5. The van der Waals surface area contributed by atoms with Gasteiger partial charge in [-0.1, -0.05) is 13.3 Å². The van der Waals surface area contributed by atoms with Crippen LogP contribution in [0.15, 0.2) is 37.1 Å². The maximum atomic E-state index is 13.4. The topological polar surface area (TPSA) is 100 Å². The SMILES string of the molecule is CCCCNc1cccn2nc(-c3c[nH]c4ncncc34)c(C(=O)NC3CC(F)(F)C3)c12. The van der Waals surface area contributed by atoms with Gasteiger partial charge in [0.25, 0.3) is 11.8 Å². The Labute approximate surface area is 182 Å². The largest absolute Gasteiger partial charge is 0.383 e. The van der Waals surface area contributed by atoms with Crippen molar-refractivity contribution in [3.63, 3.8) is 0 Å². The van der Waals surface area contributed by atoms with Gasteiger partial charge in [0, 0.05) is 55.0 Å². The second-order valence-corrected chi connectivity index (χ2v) is 8.14. The van der Waals surface area contributed by atoms with Crippen molar-refractivity contribution < 1.29 is 13.6 Å². The number of nitrogens with zero attached hydrogens (tertiary/aromatic N) is 4. The number of hydrogen-bond acceptors (Lipinski definition) is 5. The Morgan fingerprint density at radius 2 is 2.22 bits per heavy atom. The van der Waals surface area contributed by atoms with Crippen LogP contribution in [0.25, 0.3) is 27.8 Å². The van der Waals surface area contributed by atoms with Gasteiger partial charge in [-0.05, 0) is 18.6 Å². The van der Waals surface area contributed by atoms with E-state index in [9.17, 15) is 13.6 Å². The lowest BCUT2D eigenvalue weighted by Crippen LogP contribution is -2.50. The first kappa shape index (κ1) is 20.3. The first-order chi connectivity index (χ1) is 15.5. The molecule has 0 radical (unpaired) electrons. The lowest BCUT2D eigenvalue weighted by Gasteiger charge is -2.35. The fourth-order valence-electron chi connectivity index (χ4n) is 4.12. The summed E-state index contributed by atoms with van der Waals surface area (Å²) in [5.41, 5.74) is 3.45.